The second-order valence-corrected chi connectivity index (χ2v) is 4.41. The summed E-state index contributed by atoms with van der Waals surface area (Å²) in [4.78, 5) is 11.1. The molecule has 0 atom stereocenters. The van der Waals surface area contributed by atoms with Crippen molar-refractivity contribution in [2.75, 3.05) is 11.1 Å². The Balaban J connectivity index is 2.43. The molecule has 0 aromatic heterocycles. The summed E-state index contributed by atoms with van der Waals surface area (Å²) in [5, 5.41) is 3.21. The van der Waals surface area contributed by atoms with Crippen LogP contribution in [0.5, 0.6) is 0 Å². The van der Waals surface area contributed by atoms with Crippen molar-refractivity contribution < 1.29 is 4.79 Å². The van der Waals surface area contributed by atoms with Gasteiger partial charge in [0.1, 0.15) is 0 Å². The average Bonchev–Trinajstić information content (AvgIpc) is 2.31. The van der Waals surface area contributed by atoms with Crippen LogP contribution in [0.3, 0.4) is 0 Å². The van der Waals surface area contributed by atoms with Crippen molar-refractivity contribution in [1.29, 1.82) is 0 Å². The van der Waals surface area contributed by atoms with E-state index in [2.05, 4.69) is 5.32 Å². The Morgan fingerprint density at radius 1 is 1.17 bits per heavy atom. The maximum absolute atomic E-state index is 11.1. The largest absolute Gasteiger partial charge is 0.399 e. The fourth-order valence-corrected chi connectivity index (χ4v) is 1.87. The van der Waals surface area contributed by atoms with Gasteiger partial charge in [0, 0.05) is 12.6 Å². The number of nitrogens with one attached hydrogen (secondary N) is 1. The molecule has 1 amide bonds. The SMILES string of the molecule is CC(=O)Nc1cc(-c2cccc(N)c2)ccc1Cl. The molecule has 3 N–H and O–H groups in total. The molecule has 0 saturated carbocycles. The van der Waals surface area contributed by atoms with Crippen molar-refractivity contribution in [1.82, 2.24) is 0 Å². The Hall–Kier alpha value is -2.00. The fourth-order valence-electron chi connectivity index (χ4n) is 1.71. The first-order valence-electron chi connectivity index (χ1n) is 5.49. The van der Waals surface area contributed by atoms with Crippen LogP contribution in [0.15, 0.2) is 42.5 Å². The normalized spacial score (nSPS) is 10.1. The number of nitrogens with two attached hydrogens (primary N) is 1. The molecule has 0 aliphatic carbocycles. The first-order valence-corrected chi connectivity index (χ1v) is 5.87. The molecule has 2 aromatic rings. The summed E-state index contributed by atoms with van der Waals surface area (Å²) in [5.74, 6) is -0.151. The molecule has 2 rings (SSSR count). The molecule has 3 nitrogen and oxygen atoms in total. The van der Waals surface area contributed by atoms with Gasteiger partial charge in [0.25, 0.3) is 0 Å². The van der Waals surface area contributed by atoms with Crippen LogP contribution in [0, 0.1) is 0 Å². The minimum atomic E-state index is -0.151. The van der Waals surface area contributed by atoms with E-state index in [1.54, 1.807) is 6.07 Å². The number of carbonyl (C=O) groups is 1. The zero-order valence-corrected chi connectivity index (χ0v) is 10.7. The van der Waals surface area contributed by atoms with Gasteiger partial charge in [-0.05, 0) is 35.4 Å². The predicted molar refractivity (Wildman–Crippen MR) is 75.6 cm³/mol. The quantitative estimate of drug-likeness (QED) is 0.812. The lowest BCUT2D eigenvalue weighted by atomic mass is 10.0. The number of carbonyl (C=O) groups excluding carboxylic acids is 1. The molecule has 0 bridgehead atoms. The lowest BCUT2D eigenvalue weighted by Gasteiger charge is -2.08. The van der Waals surface area contributed by atoms with Gasteiger partial charge < -0.3 is 11.1 Å². The van der Waals surface area contributed by atoms with E-state index >= 15 is 0 Å². The molecule has 0 aliphatic rings. The van der Waals surface area contributed by atoms with E-state index in [9.17, 15) is 4.79 Å². The summed E-state index contributed by atoms with van der Waals surface area (Å²) in [7, 11) is 0. The summed E-state index contributed by atoms with van der Waals surface area (Å²) in [5.41, 5.74) is 8.99. The zero-order valence-electron chi connectivity index (χ0n) is 9.91. The Kier molecular flexibility index (Phi) is 3.53. The second-order valence-electron chi connectivity index (χ2n) is 4.00. The van der Waals surface area contributed by atoms with Gasteiger partial charge in [-0.3, -0.25) is 4.79 Å². The number of amides is 1. The Morgan fingerprint density at radius 3 is 2.56 bits per heavy atom. The lowest BCUT2D eigenvalue weighted by Crippen LogP contribution is -2.06. The maximum Gasteiger partial charge on any atom is 0.221 e. The van der Waals surface area contributed by atoms with Gasteiger partial charge in [0.05, 0.1) is 10.7 Å². The first-order chi connectivity index (χ1) is 8.56. The molecule has 18 heavy (non-hydrogen) atoms. The van der Waals surface area contributed by atoms with Gasteiger partial charge in [0.2, 0.25) is 5.91 Å². The highest BCUT2D eigenvalue weighted by molar-refractivity contribution is 6.33. The maximum atomic E-state index is 11.1. The molecule has 92 valence electrons. The number of hydrogen-bond donors (Lipinski definition) is 2. The standard InChI is InChI=1S/C14H13ClN2O/c1-9(18)17-14-8-11(5-6-13(14)15)10-3-2-4-12(16)7-10/h2-8H,16H2,1H3,(H,17,18). The number of hydrogen-bond acceptors (Lipinski definition) is 2. The van der Waals surface area contributed by atoms with Crippen LogP contribution in [0.4, 0.5) is 11.4 Å². The molecule has 0 unspecified atom stereocenters. The van der Waals surface area contributed by atoms with Crippen molar-refractivity contribution in [3.8, 4) is 11.1 Å². The third-order valence-corrected chi connectivity index (χ3v) is 2.83. The predicted octanol–water partition coefficient (Wildman–Crippen LogP) is 3.55. The van der Waals surface area contributed by atoms with Gasteiger partial charge in [0.15, 0.2) is 0 Å². The van der Waals surface area contributed by atoms with Crippen LogP contribution in [-0.2, 0) is 4.79 Å². The van der Waals surface area contributed by atoms with Crippen molar-refractivity contribution in [3.63, 3.8) is 0 Å². The molecular formula is C14H13ClN2O. The van der Waals surface area contributed by atoms with Gasteiger partial charge in [-0.15, -0.1) is 0 Å². The molecule has 0 radical (unpaired) electrons. The lowest BCUT2D eigenvalue weighted by molar-refractivity contribution is -0.114. The van der Waals surface area contributed by atoms with Crippen LogP contribution in [0.25, 0.3) is 11.1 Å². The third kappa shape index (κ3) is 2.81. The number of halogens is 1. The van der Waals surface area contributed by atoms with E-state index < -0.39 is 0 Å². The molecule has 4 heteroatoms. The monoisotopic (exact) mass is 260 g/mol. The van der Waals surface area contributed by atoms with Crippen molar-refractivity contribution >= 4 is 28.9 Å². The van der Waals surface area contributed by atoms with Gasteiger partial charge >= 0.3 is 0 Å². The summed E-state index contributed by atoms with van der Waals surface area (Å²) < 4.78 is 0. The van der Waals surface area contributed by atoms with E-state index in [0.717, 1.165) is 11.1 Å². The number of anilines is 2. The Bertz CT molecular complexity index is 596. The molecule has 2 aromatic carbocycles. The smallest absolute Gasteiger partial charge is 0.221 e. The van der Waals surface area contributed by atoms with Crippen LogP contribution in [0.1, 0.15) is 6.92 Å². The highest BCUT2D eigenvalue weighted by atomic mass is 35.5. The van der Waals surface area contributed by atoms with E-state index in [4.69, 9.17) is 17.3 Å². The van der Waals surface area contributed by atoms with Crippen LogP contribution < -0.4 is 11.1 Å². The van der Waals surface area contributed by atoms with Gasteiger partial charge in [-0.1, -0.05) is 29.8 Å². The molecule has 0 saturated heterocycles. The van der Waals surface area contributed by atoms with Crippen LogP contribution in [-0.4, -0.2) is 5.91 Å². The Labute approximate surface area is 111 Å². The van der Waals surface area contributed by atoms with Crippen molar-refractivity contribution in [2.24, 2.45) is 0 Å². The van der Waals surface area contributed by atoms with Crippen LogP contribution >= 0.6 is 11.6 Å². The first kappa shape index (κ1) is 12.5. The van der Waals surface area contributed by atoms with Crippen molar-refractivity contribution in [2.45, 2.75) is 6.92 Å². The Morgan fingerprint density at radius 2 is 1.89 bits per heavy atom. The number of nitrogen functional groups attached to an aromatic ring is 1. The highest BCUT2D eigenvalue weighted by Crippen LogP contribution is 2.29. The van der Waals surface area contributed by atoms with Gasteiger partial charge in [-0.25, -0.2) is 0 Å². The van der Waals surface area contributed by atoms with E-state index in [1.807, 2.05) is 36.4 Å². The van der Waals surface area contributed by atoms with Crippen molar-refractivity contribution in [3.05, 3.63) is 47.5 Å². The molecule has 0 aliphatic heterocycles. The summed E-state index contributed by atoms with van der Waals surface area (Å²) in [6.07, 6.45) is 0. The minimum Gasteiger partial charge on any atom is -0.399 e. The molecular weight excluding hydrogens is 248 g/mol. The van der Waals surface area contributed by atoms with E-state index in [0.29, 0.717) is 16.4 Å². The number of benzene rings is 2. The number of rotatable bonds is 2. The van der Waals surface area contributed by atoms with E-state index in [1.165, 1.54) is 6.92 Å². The zero-order chi connectivity index (χ0) is 13.1. The highest BCUT2D eigenvalue weighted by Gasteiger charge is 2.05. The topological polar surface area (TPSA) is 55.1 Å². The van der Waals surface area contributed by atoms with Crippen LogP contribution in [0.2, 0.25) is 5.02 Å². The average molecular weight is 261 g/mol. The summed E-state index contributed by atoms with van der Waals surface area (Å²) in [6, 6.07) is 13.0. The molecule has 0 fully saturated rings. The second kappa shape index (κ2) is 5.10. The van der Waals surface area contributed by atoms with E-state index in [-0.39, 0.29) is 5.91 Å². The molecule has 0 spiro atoms. The summed E-state index contributed by atoms with van der Waals surface area (Å²) in [6.45, 7) is 1.45. The third-order valence-electron chi connectivity index (χ3n) is 2.50. The van der Waals surface area contributed by atoms with Gasteiger partial charge in [-0.2, -0.15) is 0 Å². The summed E-state index contributed by atoms with van der Waals surface area (Å²) >= 11 is 6.02. The molecule has 0 heterocycles. The fraction of sp³-hybridized carbons (Fsp3) is 0.0714. The minimum absolute atomic E-state index is 0.151.